The molecule has 0 aliphatic carbocycles. The van der Waals surface area contributed by atoms with E-state index in [1.807, 2.05) is 13.8 Å². The molecule has 0 aromatic carbocycles. The van der Waals surface area contributed by atoms with Crippen LogP contribution in [-0.4, -0.2) is 46.5 Å². The Hall–Kier alpha value is -0.433. The molecule has 142 valence electrons. The first-order valence-electron chi connectivity index (χ1n) is 9.03. The van der Waals surface area contributed by atoms with Crippen molar-refractivity contribution in [3.63, 3.8) is 0 Å². The molecule has 5 nitrogen and oxygen atoms in total. The predicted molar refractivity (Wildman–Crippen MR) is 97.4 cm³/mol. The van der Waals surface area contributed by atoms with Gasteiger partial charge in [-0.15, -0.1) is 0 Å². The van der Waals surface area contributed by atoms with Crippen molar-refractivity contribution in [2.24, 2.45) is 5.92 Å². The third-order valence-corrected chi connectivity index (χ3v) is 9.74. The van der Waals surface area contributed by atoms with Crippen LogP contribution in [0.3, 0.4) is 0 Å². The molecule has 0 saturated carbocycles. The lowest BCUT2D eigenvalue weighted by molar-refractivity contribution is -0.222. The van der Waals surface area contributed by atoms with E-state index in [2.05, 4.69) is 33.9 Å². The van der Waals surface area contributed by atoms with Crippen molar-refractivity contribution in [1.82, 2.24) is 0 Å². The standard InChI is InChI=1S/C18H36O5Si/c1-9-21-15(19)12-13(2)17-14(10-11-16(20-6)22-17)23-24(7,8)18(3,4)5/h13-14,16-17H,9-12H2,1-8H3/t13-,14+,16?,17-/m1/s1. The van der Waals surface area contributed by atoms with Crippen molar-refractivity contribution >= 4 is 14.3 Å². The number of methoxy groups -OCH3 is 1. The van der Waals surface area contributed by atoms with Gasteiger partial charge in [0, 0.05) is 13.5 Å². The van der Waals surface area contributed by atoms with Crippen LogP contribution in [0.1, 0.15) is 53.9 Å². The van der Waals surface area contributed by atoms with Gasteiger partial charge in [-0.3, -0.25) is 4.79 Å². The van der Waals surface area contributed by atoms with Gasteiger partial charge in [-0.05, 0) is 37.4 Å². The molecule has 1 aliphatic rings. The lowest BCUT2D eigenvalue weighted by Gasteiger charge is -2.45. The molecule has 0 spiro atoms. The first kappa shape index (κ1) is 21.6. The summed E-state index contributed by atoms with van der Waals surface area (Å²) in [4.78, 5) is 11.9. The monoisotopic (exact) mass is 360 g/mol. The summed E-state index contributed by atoms with van der Waals surface area (Å²) >= 11 is 0. The fraction of sp³-hybridized carbons (Fsp3) is 0.944. The maximum Gasteiger partial charge on any atom is 0.306 e. The Kier molecular flexibility index (Phi) is 7.91. The second-order valence-electron chi connectivity index (χ2n) is 8.25. The summed E-state index contributed by atoms with van der Waals surface area (Å²) in [6.45, 7) is 15.5. The van der Waals surface area contributed by atoms with Crippen molar-refractivity contribution < 1.29 is 23.4 Å². The fourth-order valence-electron chi connectivity index (χ4n) is 2.75. The number of hydrogen-bond acceptors (Lipinski definition) is 5. The van der Waals surface area contributed by atoms with Crippen molar-refractivity contribution in [2.75, 3.05) is 13.7 Å². The van der Waals surface area contributed by atoms with Crippen molar-refractivity contribution in [1.29, 1.82) is 0 Å². The van der Waals surface area contributed by atoms with E-state index in [-0.39, 0.29) is 35.4 Å². The third-order valence-electron chi connectivity index (χ3n) is 5.23. The van der Waals surface area contributed by atoms with Gasteiger partial charge in [-0.2, -0.15) is 0 Å². The van der Waals surface area contributed by atoms with E-state index in [4.69, 9.17) is 18.6 Å². The smallest absolute Gasteiger partial charge is 0.306 e. The van der Waals surface area contributed by atoms with Crippen LogP contribution in [0.5, 0.6) is 0 Å². The van der Waals surface area contributed by atoms with Crippen LogP contribution in [0, 0.1) is 5.92 Å². The highest BCUT2D eigenvalue weighted by Gasteiger charge is 2.44. The Morgan fingerprint density at radius 3 is 2.42 bits per heavy atom. The van der Waals surface area contributed by atoms with Crippen LogP contribution in [0.15, 0.2) is 0 Å². The highest BCUT2D eigenvalue weighted by Crippen LogP contribution is 2.40. The molecule has 0 bridgehead atoms. The Morgan fingerprint density at radius 1 is 1.29 bits per heavy atom. The van der Waals surface area contributed by atoms with Crippen LogP contribution in [0.25, 0.3) is 0 Å². The molecule has 0 amide bonds. The Bertz CT molecular complexity index is 405. The van der Waals surface area contributed by atoms with Gasteiger partial charge in [0.05, 0.1) is 25.2 Å². The van der Waals surface area contributed by atoms with Gasteiger partial charge in [0.25, 0.3) is 0 Å². The molecule has 1 aliphatic heterocycles. The largest absolute Gasteiger partial charge is 0.466 e. The minimum atomic E-state index is -1.90. The third kappa shape index (κ3) is 5.83. The van der Waals surface area contributed by atoms with Gasteiger partial charge in [0.1, 0.15) is 0 Å². The van der Waals surface area contributed by atoms with Crippen LogP contribution >= 0.6 is 0 Å². The predicted octanol–water partition coefficient (Wildman–Crippen LogP) is 4.12. The lowest BCUT2D eigenvalue weighted by atomic mass is 9.92. The fourth-order valence-corrected chi connectivity index (χ4v) is 4.11. The summed E-state index contributed by atoms with van der Waals surface area (Å²) in [5.41, 5.74) is 0. The molecular weight excluding hydrogens is 324 g/mol. The molecular formula is C18H36O5Si. The van der Waals surface area contributed by atoms with Gasteiger partial charge in [-0.1, -0.05) is 27.7 Å². The number of carbonyl (C=O) groups is 1. The van der Waals surface area contributed by atoms with E-state index in [1.54, 1.807) is 7.11 Å². The quantitative estimate of drug-likeness (QED) is 0.505. The molecule has 0 radical (unpaired) electrons. The van der Waals surface area contributed by atoms with E-state index in [0.717, 1.165) is 12.8 Å². The van der Waals surface area contributed by atoms with E-state index in [9.17, 15) is 4.79 Å². The van der Waals surface area contributed by atoms with Crippen LogP contribution in [0.2, 0.25) is 18.1 Å². The number of rotatable bonds is 7. The Labute approximate surface area is 148 Å². The van der Waals surface area contributed by atoms with Gasteiger partial charge in [0.2, 0.25) is 0 Å². The zero-order valence-corrected chi connectivity index (χ0v) is 17.7. The van der Waals surface area contributed by atoms with E-state index < -0.39 is 8.32 Å². The summed E-state index contributed by atoms with van der Waals surface area (Å²) in [7, 11) is -0.245. The maximum absolute atomic E-state index is 11.9. The van der Waals surface area contributed by atoms with Crippen molar-refractivity contribution in [3.05, 3.63) is 0 Å². The van der Waals surface area contributed by atoms with Gasteiger partial charge in [0.15, 0.2) is 14.6 Å². The SMILES string of the molecule is CCOC(=O)C[C@@H](C)[C@H]1OC(OC)CC[C@@H]1O[Si](C)(C)C(C)(C)C. The summed E-state index contributed by atoms with van der Waals surface area (Å²) < 4.78 is 23.2. The highest BCUT2D eigenvalue weighted by atomic mass is 28.4. The first-order chi connectivity index (χ1) is 11.0. The van der Waals surface area contributed by atoms with E-state index in [0.29, 0.717) is 13.0 Å². The van der Waals surface area contributed by atoms with Crippen LogP contribution in [-0.2, 0) is 23.4 Å². The Morgan fingerprint density at radius 2 is 1.92 bits per heavy atom. The van der Waals surface area contributed by atoms with Crippen LogP contribution in [0.4, 0.5) is 0 Å². The molecule has 0 aromatic heterocycles. The van der Waals surface area contributed by atoms with E-state index in [1.165, 1.54) is 0 Å². The zero-order valence-electron chi connectivity index (χ0n) is 16.7. The number of carbonyl (C=O) groups excluding carboxylic acids is 1. The Balaban J connectivity index is 2.85. The number of ether oxygens (including phenoxy) is 3. The maximum atomic E-state index is 11.9. The van der Waals surface area contributed by atoms with E-state index >= 15 is 0 Å². The summed E-state index contributed by atoms with van der Waals surface area (Å²) in [5, 5.41) is 0.139. The summed E-state index contributed by atoms with van der Waals surface area (Å²) in [6.07, 6.45) is 1.68. The second kappa shape index (κ2) is 8.78. The minimum absolute atomic E-state index is 0.00159. The van der Waals surface area contributed by atoms with Crippen molar-refractivity contribution in [3.8, 4) is 0 Å². The molecule has 6 heteroatoms. The number of esters is 1. The first-order valence-corrected chi connectivity index (χ1v) is 11.9. The normalized spacial score (nSPS) is 26.9. The van der Waals surface area contributed by atoms with Crippen LogP contribution < -0.4 is 0 Å². The molecule has 1 heterocycles. The molecule has 1 unspecified atom stereocenters. The molecule has 1 rings (SSSR count). The zero-order chi connectivity index (χ0) is 18.5. The molecule has 0 aromatic rings. The van der Waals surface area contributed by atoms with Crippen molar-refractivity contribution in [2.45, 2.75) is 90.5 Å². The number of hydrogen-bond donors (Lipinski definition) is 0. The second-order valence-corrected chi connectivity index (χ2v) is 13.0. The molecule has 0 N–H and O–H groups in total. The topological polar surface area (TPSA) is 54.0 Å². The average molecular weight is 361 g/mol. The summed E-state index contributed by atoms with van der Waals surface area (Å²) in [5.74, 6) is -0.156. The van der Waals surface area contributed by atoms with Gasteiger partial charge in [-0.25, -0.2) is 0 Å². The van der Waals surface area contributed by atoms with Gasteiger partial charge >= 0.3 is 5.97 Å². The lowest BCUT2D eigenvalue weighted by Crippen LogP contribution is -2.52. The molecule has 24 heavy (non-hydrogen) atoms. The highest BCUT2D eigenvalue weighted by molar-refractivity contribution is 6.74. The summed E-state index contributed by atoms with van der Waals surface area (Å²) in [6, 6.07) is 0. The molecule has 1 saturated heterocycles. The molecule has 4 atom stereocenters. The average Bonchev–Trinajstić information content (AvgIpc) is 2.46. The van der Waals surface area contributed by atoms with Gasteiger partial charge < -0.3 is 18.6 Å². The minimum Gasteiger partial charge on any atom is -0.466 e. The molecule has 1 fully saturated rings.